The number of ether oxygens (including phenoxy) is 1. The quantitative estimate of drug-likeness (QED) is 0.819. The minimum absolute atomic E-state index is 0.186. The van der Waals surface area contributed by atoms with Crippen molar-refractivity contribution in [1.29, 1.82) is 0 Å². The summed E-state index contributed by atoms with van der Waals surface area (Å²) in [6.07, 6.45) is 1.48. The molecule has 0 unspecified atom stereocenters. The topological polar surface area (TPSA) is 50.4 Å². The number of rotatable bonds is 5. The molecule has 1 aliphatic rings. The molecule has 0 saturated heterocycles. The Kier molecular flexibility index (Phi) is 5.18. The van der Waals surface area contributed by atoms with E-state index in [1.165, 1.54) is 0 Å². The molecule has 0 bridgehead atoms. The van der Waals surface area contributed by atoms with Crippen LogP contribution in [0.15, 0.2) is 59.1 Å². The molecule has 1 saturated carbocycles. The van der Waals surface area contributed by atoms with E-state index < -0.39 is 0 Å². The van der Waals surface area contributed by atoms with Gasteiger partial charge in [-0.2, -0.15) is 0 Å². The monoisotopic (exact) mass is 374 g/mol. The van der Waals surface area contributed by atoms with Crippen molar-refractivity contribution in [3.63, 3.8) is 0 Å². The average molecular weight is 375 g/mol. The zero-order valence-corrected chi connectivity index (χ0v) is 14.3. The molecule has 2 aromatic rings. The molecule has 0 radical (unpaired) electrons. The molecule has 0 spiro atoms. The van der Waals surface area contributed by atoms with Gasteiger partial charge in [0.05, 0.1) is 0 Å². The summed E-state index contributed by atoms with van der Waals surface area (Å²) in [5.74, 6) is 0. The largest absolute Gasteiger partial charge is 0.445 e. The molecule has 5 heteroatoms. The van der Waals surface area contributed by atoms with E-state index in [2.05, 4.69) is 26.6 Å². The van der Waals surface area contributed by atoms with Crippen LogP contribution in [0.25, 0.3) is 0 Å². The van der Waals surface area contributed by atoms with Gasteiger partial charge in [-0.3, -0.25) is 0 Å². The first-order chi connectivity index (χ1) is 11.2. The Hall–Kier alpha value is -2.01. The van der Waals surface area contributed by atoms with Crippen LogP contribution in [0.3, 0.4) is 0 Å². The second-order valence-corrected chi connectivity index (χ2v) is 6.64. The summed E-state index contributed by atoms with van der Waals surface area (Å²) in [6, 6.07) is 18.4. The van der Waals surface area contributed by atoms with Crippen LogP contribution in [0.1, 0.15) is 18.4 Å². The van der Waals surface area contributed by atoms with E-state index in [0.29, 0.717) is 12.6 Å². The van der Waals surface area contributed by atoms with Crippen molar-refractivity contribution in [3.05, 3.63) is 64.6 Å². The van der Waals surface area contributed by atoms with E-state index >= 15 is 0 Å². The molecule has 1 amide bonds. The van der Waals surface area contributed by atoms with E-state index in [1.807, 2.05) is 54.6 Å². The van der Waals surface area contributed by atoms with Crippen LogP contribution in [0.2, 0.25) is 0 Å². The Labute approximate surface area is 144 Å². The van der Waals surface area contributed by atoms with Crippen LogP contribution in [-0.2, 0) is 11.3 Å². The standard InChI is InChI=1S/C18H19BrN2O2/c19-14-6-8-15(9-7-14)20-16-10-17(11-16)21-18(22)23-12-13-4-2-1-3-5-13/h1-9,16-17,20H,10-12H2,(H,21,22). The summed E-state index contributed by atoms with van der Waals surface area (Å²) in [5, 5.41) is 6.36. The zero-order chi connectivity index (χ0) is 16.1. The number of carbonyl (C=O) groups is 1. The van der Waals surface area contributed by atoms with Crippen LogP contribution < -0.4 is 10.6 Å². The van der Waals surface area contributed by atoms with Gasteiger partial charge in [0.1, 0.15) is 6.61 Å². The second kappa shape index (κ2) is 7.51. The first-order valence-electron chi connectivity index (χ1n) is 7.68. The smallest absolute Gasteiger partial charge is 0.407 e. The van der Waals surface area contributed by atoms with Gasteiger partial charge in [0, 0.05) is 22.2 Å². The minimum Gasteiger partial charge on any atom is -0.445 e. The maximum absolute atomic E-state index is 11.8. The van der Waals surface area contributed by atoms with Crippen molar-refractivity contribution in [2.45, 2.75) is 31.5 Å². The molecule has 120 valence electrons. The molecule has 1 fully saturated rings. The lowest BCUT2D eigenvalue weighted by Crippen LogP contribution is -2.49. The van der Waals surface area contributed by atoms with Crippen molar-refractivity contribution in [1.82, 2.24) is 5.32 Å². The van der Waals surface area contributed by atoms with E-state index in [0.717, 1.165) is 28.6 Å². The van der Waals surface area contributed by atoms with Gasteiger partial charge in [-0.05, 0) is 42.7 Å². The summed E-state index contributed by atoms with van der Waals surface area (Å²) in [7, 11) is 0. The number of benzene rings is 2. The van der Waals surface area contributed by atoms with Crippen molar-refractivity contribution in [2.24, 2.45) is 0 Å². The predicted octanol–water partition coefficient (Wildman–Crippen LogP) is 4.32. The van der Waals surface area contributed by atoms with Crippen molar-refractivity contribution in [2.75, 3.05) is 5.32 Å². The number of alkyl carbamates (subject to hydrolysis) is 1. The van der Waals surface area contributed by atoms with Gasteiger partial charge in [-0.15, -0.1) is 0 Å². The van der Waals surface area contributed by atoms with E-state index in [4.69, 9.17) is 4.74 Å². The van der Waals surface area contributed by atoms with Gasteiger partial charge in [0.25, 0.3) is 0 Å². The molecule has 0 aromatic heterocycles. The number of hydrogen-bond acceptors (Lipinski definition) is 3. The van der Waals surface area contributed by atoms with Gasteiger partial charge in [0.15, 0.2) is 0 Å². The maximum Gasteiger partial charge on any atom is 0.407 e. The molecule has 0 heterocycles. The third-order valence-corrected chi connectivity index (χ3v) is 4.42. The number of carbonyl (C=O) groups excluding carboxylic acids is 1. The highest BCUT2D eigenvalue weighted by Gasteiger charge is 2.30. The molecular weight excluding hydrogens is 356 g/mol. The van der Waals surface area contributed by atoms with Crippen LogP contribution in [-0.4, -0.2) is 18.2 Å². The predicted molar refractivity (Wildman–Crippen MR) is 94.3 cm³/mol. The SMILES string of the molecule is O=C(NC1CC(Nc2ccc(Br)cc2)C1)OCc1ccccc1. The first kappa shape index (κ1) is 15.9. The number of anilines is 1. The van der Waals surface area contributed by atoms with Crippen molar-refractivity contribution in [3.8, 4) is 0 Å². The fourth-order valence-corrected chi connectivity index (χ4v) is 2.83. The Balaban J connectivity index is 1.35. The Bertz CT molecular complexity index is 640. The number of halogens is 1. The Morgan fingerprint density at radius 2 is 1.74 bits per heavy atom. The highest BCUT2D eigenvalue weighted by Crippen LogP contribution is 2.25. The molecule has 23 heavy (non-hydrogen) atoms. The lowest BCUT2D eigenvalue weighted by Gasteiger charge is -2.36. The molecule has 1 aliphatic carbocycles. The van der Waals surface area contributed by atoms with Gasteiger partial charge in [0.2, 0.25) is 0 Å². The fourth-order valence-electron chi connectivity index (χ4n) is 2.57. The third kappa shape index (κ3) is 4.73. The van der Waals surface area contributed by atoms with Crippen molar-refractivity contribution < 1.29 is 9.53 Å². The van der Waals surface area contributed by atoms with Gasteiger partial charge in [-0.25, -0.2) is 4.79 Å². The zero-order valence-electron chi connectivity index (χ0n) is 12.7. The summed E-state index contributed by atoms with van der Waals surface area (Å²) in [4.78, 5) is 11.8. The minimum atomic E-state index is -0.346. The van der Waals surface area contributed by atoms with Crippen LogP contribution in [0.5, 0.6) is 0 Å². The molecule has 4 nitrogen and oxygen atoms in total. The van der Waals surface area contributed by atoms with E-state index in [1.54, 1.807) is 0 Å². The molecule has 0 aliphatic heterocycles. The second-order valence-electron chi connectivity index (χ2n) is 5.72. The van der Waals surface area contributed by atoms with Crippen LogP contribution >= 0.6 is 15.9 Å². The Morgan fingerprint density at radius 3 is 2.43 bits per heavy atom. The van der Waals surface area contributed by atoms with Crippen LogP contribution in [0.4, 0.5) is 10.5 Å². The summed E-state index contributed by atoms with van der Waals surface area (Å²) >= 11 is 3.42. The van der Waals surface area contributed by atoms with E-state index in [9.17, 15) is 4.79 Å². The highest BCUT2D eigenvalue weighted by atomic mass is 79.9. The summed E-state index contributed by atoms with van der Waals surface area (Å²) in [5.41, 5.74) is 2.09. The average Bonchev–Trinajstić information content (AvgIpc) is 2.54. The summed E-state index contributed by atoms with van der Waals surface area (Å²) < 4.78 is 6.29. The fraction of sp³-hybridized carbons (Fsp3) is 0.278. The highest BCUT2D eigenvalue weighted by molar-refractivity contribution is 9.10. The van der Waals surface area contributed by atoms with Gasteiger partial charge in [-0.1, -0.05) is 46.3 Å². The lowest BCUT2D eigenvalue weighted by molar-refractivity contribution is 0.129. The first-order valence-corrected chi connectivity index (χ1v) is 8.47. The normalized spacial score (nSPS) is 19.5. The number of nitrogens with one attached hydrogen (secondary N) is 2. The number of amides is 1. The molecule has 0 atom stereocenters. The Morgan fingerprint density at radius 1 is 1.04 bits per heavy atom. The lowest BCUT2D eigenvalue weighted by atomic mass is 9.86. The summed E-state index contributed by atoms with van der Waals surface area (Å²) in [6.45, 7) is 0.306. The van der Waals surface area contributed by atoms with Crippen molar-refractivity contribution >= 4 is 27.7 Å². The third-order valence-electron chi connectivity index (χ3n) is 3.89. The molecular formula is C18H19BrN2O2. The van der Waals surface area contributed by atoms with Crippen LogP contribution in [0, 0.1) is 0 Å². The van der Waals surface area contributed by atoms with Gasteiger partial charge >= 0.3 is 6.09 Å². The van der Waals surface area contributed by atoms with Gasteiger partial charge < -0.3 is 15.4 Å². The maximum atomic E-state index is 11.8. The van der Waals surface area contributed by atoms with E-state index in [-0.39, 0.29) is 12.1 Å². The molecule has 3 rings (SSSR count). The molecule has 2 N–H and O–H groups in total. The molecule has 2 aromatic carbocycles. The number of hydrogen-bond donors (Lipinski definition) is 2.